The molecular formula is C14H29NO. The molecule has 96 valence electrons. The van der Waals surface area contributed by atoms with Gasteiger partial charge >= 0.3 is 0 Å². The highest BCUT2D eigenvalue weighted by molar-refractivity contribution is 5.78. The first-order chi connectivity index (χ1) is 7.60. The maximum atomic E-state index is 11.7. The molecule has 2 heteroatoms. The molecule has 16 heavy (non-hydrogen) atoms. The Morgan fingerprint density at radius 2 is 1.88 bits per heavy atom. The highest BCUT2D eigenvalue weighted by atomic mass is 16.1. The maximum absolute atomic E-state index is 11.7. The van der Waals surface area contributed by atoms with Gasteiger partial charge in [0.25, 0.3) is 0 Å². The van der Waals surface area contributed by atoms with Gasteiger partial charge in [-0.1, -0.05) is 40.0 Å². The molecule has 0 saturated heterocycles. The van der Waals surface area contributed by atoms with Gasteiger partial charge in [0, 0.05) is 12.8 Å². The van der Waals surface area contributed by atoms with Crippen LogP contribution in [-0.2, 0) is 4.79 Å². The first-order valence-electron chi connectivity index (χ1n) is 6.81. The van der Waals surface area contributed by atoms with Gasteiger partial charge in [-0.3, -0.25) is 4.79 Å². The fraction of sp³-hybridized carbons (Fsp3) is 0.929. The van der Waals surface area contributed by atoms with Crippen LogP contribution in [0.4, 0.5) is 0 Å². The number of rotatable bonds is 10. The van der Waals surface area contributed by atoms with Gasteiger partial charge in [-0.15, -0.1) is 0 Å². The molecule has 0 saturated carbocycles. The molecule has 0 fully saturated rings. The lowest BCUT2D eigenvalue weighted by molar-refractivity contribution is -0.120. The Morgan fingerprint density at radius 1 is 1.19 bits per heavy atom. The third-order valence-corrected chi connectivity index (χ3v) is 2.96. The van der Waals surface area contributed by atoms with E-state index in [4.69, 9.17) is 5.73 Å². The van der Waals surface area contributed by atoms with Crippen molar-refractivity contribution < 1.29 is 4.79 Å². The second-order valence-corrected chi connectivity index (χ2v) is 5.28. The molecule has 2 N–H and O–H groups in total. The topological polar surface area (TPSA) is 43.1 Å². The number of carbonyl (C=O) groups is 1. The summed E-state index contributed by atoms with van der Waals surface area (Å²) in [4.78, 5) is 11.7. The number of hydrogen-bond acceptors (Lipinski definition) is 2. The maximum Gasteiger partial charge on any atom is 0.133 e. The molecule has 0 rings (SSSR count). The molecule has 0 heterocycles. The standard InChI is InChI=1S/C14H29NO/c1-4-5-6-7-8-14(16)10-13(11-15)9-12(2)3/h12-13H,4-11,15H2,1-3H3/t13-/m1/s1. The van der Waals surface area contributed by atoms with Crippen LogP contribution in [0, 0.1) is 11.8 Å². The van der Waals surface area contributed by atoms with Gasteiger partial charge in [0.05, 0.1) is 0 Å². The van der Waals surface area contributed by atoms with E-state index in [2.05, 4.69) is 20.8 Å². The fourth-order valence-corrected chi connectivity index (χ4v) is 2.10. The molecule has 0 amide bonds. The predicted octanol–water partition coefficient (Wildman–Crippen LogP) is 3.54. The molecule has 1 atom stereocenters. The average molecular weight is 227 g/mol. The van der Waals surface area contributed by atoms with Crippen LogP contribution >= 0.6 is 0 Å². The van der Waals surface area contributed by atoms with Gasteiger partial charge in [0.1, 0.15) is 5.78 Å². The zero-order chi connectivity index (χ0) is 12.4. The van der Waals surface area contributed by atoms with Crippen molar-refractivity contribution in [3.8, 4) is 0 Å². The molecule has 0 bridgehead atoms. The first kappa shape index (κ1) is 15.6. The summed E-state index contributed by atoms with van der Waals surface area (Å²) >= 11 is 0. The minimum atomic E-state index is 0.402. The van der Waals surface area contributed by atoms with Crippen molar-refractivity contribution in [3.05, 3.63) is 0 Å². The summed E-state index contributed by atoms with van der Waals surface area (Å²) in [5, 5.41) is 0. The number of nitrogens with two attached hydrogens (primary N) is 1. The Balaban J connectivity index is 3.66. The number of unbranched alkanes of at least 4 members (excludes halogenated alkanes) is 3. The van der Waals surface area contributed by atoms with Crippen molar-refractivity contribution in [1.82, 2.24) is 0 Å². The SMILES string of the molecule is CCCCCCC(=O)C[C@H](CN)CC(C)C. The predicted molar refractivity (Wildman–Crippen MR) is 70.4 cm³/mol. The zero-order valence-electron chi connectivity index (χ0n) is 11.3. The first-order valence-corrected chi connectivity index (χ1v) is 6.81. The molecule has 0 spiro atoms. The third-order valence-electron chi connectivity index (χ3n) is 2.96. The summed E-state index contributed by atoms with van der Waals surface area (Å²) in [6.07, 6.45) is 7.27. The number of Topliss-reactive ketones (excluding diaryl/α,β-unsaturated/α-hetero) is 1. The lowest BCUT2D eigenvalue weighted by atomic mass is 9.91. The molecule has 0 aromatic heterocycles. The van der Waals surface area contributed by atoms with Crippen LogP contribution in [0.25, 0.3) is 0 Å². The highest BCUT2D eigenvalue weighted by Gasteiger charge is 2.13. The molecule has 0 unspecified atom stereocenters. The summed E-state index contributed by atoms with van der Waals surface area (Å²) < 4.78 is 0. The Morgan fingerprint density at radius 3 is 2.38 bits per heavy atom. The Bertz CT molecular complexity index is 178. The van der Waals surface area contributed by atoms with E-state index < -0.39 is 0 Å². The average Bonchev–Trinajstić information content (AvgIpc) is 2.23. The van der Waals surface area contributed by atoms with Crippen LogP contribution in [-0.4, -0.2) is 12.3 Å². The van der Waals surface area contributed by atoms with Gasteiger partial charge in [0.15, 0.2) is 0 Å². The summed E-state index contributed by atoms with van der Waals surface area (Å²) in [5.74, 6) is 1.45. The molecular weight excluding hydrogens is 198 g/mol. The van der Waals surface area contributed by atoms with E-state index in [0.717, 1.165) is 19.3 Å². The van der Waals surface area contributed by atoms with Crippen LogP contribution < -0.4 is 5.73 Å². The highest BCUT2D eigenvalue weighted by Crippen LogP contribution is 2.16. The quantitative estimate of drug-likeness (QED) is 0.580. The van der Waals surface area contributed by atoms with Crippen LogP contribution in [0.2, 0.25) is 0 Å². The molecule has 2 nitrogen and oxygen atoms in total. The monoisotopic (exact) mass is 227 g/mol. The van der Waals surface area contributed by atoms with Crippen molar-refractivity contribution in [2.24, 2.45) is 17.6 Å². The number of carbonyl (C=O) groups excluding carboxylic acids is 1. The Kier molecular flexibility index (Phi) is 9.60. The lowest BCUT2D eigenvalue weighted by Crippen LogP contribution is -2.20. The lowest BCUT2D eigenvalue weighted by Gasteiger charge is -2.15. The van der Waals surface area contributed by atoms with Gasteiger partial charge < -0.3 is 5.73 Å². The number of hydrogen-bond donors (Lipinski definition) is 1. The fourth-order valence-electron chi connectivity index (χ4n) is 2.10. The smallest absolute Gasteiger partial charge is 0.133 e. The van der Waals surface area contributed by atoms with Crippen LogP contribution in [0.3, 0.4) is 0 Å². The van der Waals surface area contributed by atoms with Crippen molar-refractivity contribution in [3.63, 3.8) is 0 Å². The summed E-state index contributed by atoms with van der Waals surface area (Å²) in [6.45, 7) is 7.22. The van der Waals surface area contributed by atoms with E-state index in [-0.39, 0.29) is 0 Å². The normalized spacial score (nSPS) is 13.1. The van der Waals surface area contributed by atoms with Crippen LogP contribution in [0.15, 0.2) is 0 Å². The van der Waals surface area contributed by atoms with E-state index in [1.165, 1.54) is 19.3 Å². The molecule has 0 aromatic rings. The van der Waals surface area contributed by atoms with Gasteiger partial charge in [-0.2, -0.15) is 0 Å². The summed E-state index contributed by atoms with van der Waals surface area (Å²) in [6, 6.07) is 0. The van der Waals surface area contributed by atoms with Crippen LogP contribution in [0.1, 0.15) is 65.7 Å². The van der Waals surface area contributed by atoms with Crippen molar-refractivity contribution in [2.45, 2.75) is 65.7 Å². The Labute approximate surface area is 101 Å². The van der Waals surface area contributed by atoms with Gasteiger partial charge in [-0.25, -0.2) is 0 Å². The van der Waals surface area contributed by atoms with Crippen molar-refractivity contribution in [1.29, 1.82) is 0 Å². The summed E-state index contributed by atoms with van der Waals surface area (Å²) in [7, 11) is 0. The number of ketones is 1. The minimum Gasteiger partial charge on any atom is -0.330 e. The van der Waals surface area contributed by atoms with E-state index in [1.807, 2.05) is 0 Å². The van der Waals surface area contributed by atoms with Crippen LogP contribution in [0.5, 0.6) is 0 Å². The third kappa shape index (κ3) is 8.90. The van der Waals surface area contributed by atoms with E-state index >= 15 is 0 Å². The van der Waals surface area contributed by atoms with E-state index in [1.54, 1.807) is 0 Å². The molecule has 0 aromatic carbocycles. The second kappa shape index (κ2) is 9.83. The molecule has 0 aliphatic rings. The van der Waals surface area contributed by atoms with Crippen molar-refractivity contribution >= 4 is 5.78 Å². The van der Waals surface area contributed by atoms with Gasteiger partial charge in [0.2, 0.25) is 0 Å². The van der Waals surface area contributed by atoms with E-state index in [9.17, 15) is 4.79 Å². The second-order valence-electron chi connectivity index (χ2n) is 5.28. The Hall–Kier alpha value is -0.370. The van der Waals surface area contributed by atoms with Crippen molar-refractivity contribution in [2.75, 3.05) is 6.54 Å². The minimum absolute atomic E-state index is 0.402. The summed E-state index contributed by atoms with van der Waals surface area (Å²) in [5.41, 5.74) is 5.69. The zero-order valence-corrected chi connectivity index (χ0v) is 11.3. The van der Waals surface area contributed by atoms with E-state index in [0.29, 0.717) is 30.6 Å². The largest absolute Gasteiger partial charge is 0.330 e. The molecule has 0 radical (unpaired) electrons. The molecule has 0 aliphatic heterocycles. The van der Waals surface area contributed by atoms with Gasteiger partial charge in [-0.05, 0) is 31.2 Å². The molecule has 0 aliphatic carbocycles.